The number of likely N-dealkylation sites (tertiary alicyclic amines) is 1. The Bertz CT molecular complexity index is 717. The van der Waals surface area contributed by atoms with Crippen molar-refractivity contribution in [3.8, 4) is 17.2 Å². The van der Waals surface area contributed by atoms with Crippen LogP contribution in [0.25, 0.3) is 0 Å². The summed E-state index contributed by atoms with van der Waals surface area (Å²) < 4.78 is 16.3. The van der Waals surface area contributed by atoms with Crippen LogP contribution in [0.1, 0.15) is 44.9 Å². The van der Waals surface area contributed by atoms with Crippen LogP contribution in [0.5, 0.6) is 17.2 Å². The second-order valence-electron chi connectivity index (χ2n) is 7.68. The molecule has 2 fully saturated rings. The van der Waals surface area contributed by atoms with Gasteiger partial charge in [0.05, 0.1) is 6.54 Å². The molecule has 4 rings (SSSR count). The molecule has 1 aromatic rings. The first-order valence-electron chi connectivity index (χ1n) is 10.3. The van der Waals surface area contributed by atoms with Crippen molar-refractivity contribution in [2.45, 2.75) is 51.0 Å². The van der Waals surface area contributed by atoms with Gasteiger partial charge in [-0.25, -0.2) is 0 Å². The Hall–Kier alpha value is -2.44. The van der Waals surface area contributed by atoms with Crippen LogP contribution in [-0.4, -0.2) is 49.2 Å². The minimum atomic E-state index is -0.333. The molecule has 1 saturated carbocycles. The van der Waals surface area contributed by atoms with E-state index in [2.05, 4.69) is 5.32 Å². The van der Waals surface area contributed by atoms with E-state index in [1.807, 2.05) is 17.0 Å². The summed E-state index contributed by atoms with van der Waals surface area (Å²) in [7, 11) is 0. The Labute approximate surface area is 165 Å². The number of benzene rings is 1. The summed E-state index contributed by atoms with van der Waals surface area (Å²) in [5.41, 5.74) is 0. The van der Waals surface area contributed by atoms with E-state index >= 15 is 0 Å². The number of amides is 2. The van der Waals surface area contributed by atoms with Crippen molar-refractivity contribution in [2.24, 2.45) is 5.92 Å². The Morgan fingerprint density at radius 1 is 1.07 bits per heavy atom. The van der Waals surface area contributed by atoms with Crippen LogP contribution in [-0.2, 0) is 9.59 Å². The first-order chi connectivity index (χ1) is 13.7. The number of hydrogen-bond donors (Lipinski definition) is 1. The fourth-order valence-corrected chi connectivity index (χ4v) is 4.31. The van der Waals surface area contributed by atoms with Crippen molar-refractivity contribution in [3.05, 3.63) is 18.2 Å². The number of carbonyl (C=O) groups excluding carboxylic acids is 2. The highest BCUT2D eigenvalue weighted by molar-refractivity contribution is 5.89. The van der Waals surface area contributed by atoms with E-state index in [1.54, 1.807) is 6.07 Å². The molecule has 152 valence electrons. The second-order valence-corrected chi connectivity index (χ2v) is 7.68. The molecule has 7 nitrogen and oxygen atoms in total. The van der Waals surface area contributed by atoms with Gasteiger partial charge in [-0.05, 0) is 37.8 Å². The SMILES string of the molecule is O=C(NCCOc1ccc2c(c1)OCO2)[C@H]1CCCN1C(=O)C1CCCCC1. The Morgan fingerprint density at radius 2 is 1.89 bits per heavy atom. The molecule has 3 aliphatic rings. The Kier molecular flexibility index (Phi) is 5.88. The maximum absolute atomic E-state index is 12.8. The summed E-state index contributed by atoms with van der Waals surface area (Å²) in [6, 6.07) is 5.08. The van der Waals surface area contributed by atoms with Gasteiger partial charge in [-0.3, -0.25) is 9.59 Å². The molecule has 1 atom stereocenters. The minimum Gasteiger partial charge on any atom is -0.492 e. The highest BCUT2D eigenvalue weighted by Crippen LogP contribution is 2.35. The smallest absolute Gasteiger partial charge is 0.242 e. The number of nitrogens with one attached hydrogen (secondary N) is 1. The zero-order chi connectivity index (χ0) is 19.3. The molecule has 0 aromatic heterocycles. The van der Waals surface area contributed by atoms with Gasteiger partial charge in [0.1, 0.15) is 18.4 Å². The Balaban J connectivity index is 1.23. The van der Waals surface area contributed by atoms with Crippen LogP contribution >= 0.6 is 0 Å². The van der Waals surface area contributed by atoms with E-state index in [0.29, 0.717) is 36.9 Å². The normalized spacial score (nSPS) is 21.6. The molecule has 1 saturated heterocycles. The van der Waals surface area contributed by atoms with Crippen molar-refractivity contribution >= 4 is 11.8 Å². The van der Waals surface area contributed by atoms with Gasteiger partial charge < -0.3 is 24.4 Å². The first-order valence-corrected chi connectivity index (χ1v) is 10.3. The molecule has 0 radical (unpaired) electrons. The molecule has 1 aromatic carbocycles. The molecular formula is C21H28N2O5. The number of hydrogen-bond acceptors (Lipinski definition) is 5. The van der Waals surface area contributed by atoms with Crippen LogP contribution in [0, 0.1) is 5.92 Å². The number of carbonyl (C=O) groups is 2. The number of nitrogens with zero attached hydrogens (tertiary/aromatic N) is 1. The summed E-state index contributed by atoms with van der Waals surface area (Å²) >= 11 is 0. The molecule has 1 aliphatic carbocycles. The quantitative estimate of drug-likeness (QED) is 0.758. The molecule has 7 heteroatoms. The standard InChI is InChI=1S/C21H28N2O5/c24-20(17-7-4-11-23(17)21(25)15-5-2-1-3-6-15)22-10-12-26-16-8-9-18-19(13-16)28-14-27-18/h8-9,13,15,17H,1-7,10-12,14H2,(H,22,24)/t17-/m1/s1. The highest BCUT2D eigenvalue weighted by atomic mass is 16.7. The van der Waals surface area contributed by atoms with Crippen molar-refractivity contribution in [1.82, 2.24) is 10.2 Å². The van der Waals surface area contributed by atoms with Gasteiger partial charge in [-0.1, -0.05) is 19.3 Å². The van der Waals surface area contributed by atoms with Crippen LogP contribution in [0.15, 0.2) is 18.2 Å². The zero-order valence-electron chi connectivity index (χ0n) is 16.2. The van der Waals surface area contributed by atoms with Gasteiger partial charge in [-0.2, -0.15) is 0 Å². The molecular weight excluding hydrogens is 360 g/mol. The third-order valence-corrected chi connectivity index (χ3v) is 5.81. The number of rotatable bonds is 6. The molecule has 0 unspecified atom stereocenters. The van der Waals surface area contributed by atoms with E-state index in [0.717, 1.165) is 38.5 Å². The first kappa shape index (κ1) is 18.9. The molecule has 2 amide bonds. The van der Waals surface area contributed by atoms with Crippen molar-refractivity contribution in [2.75, 3.05) is 26.5 Å². The zero-order valence-corrected chi connectivity index (χ0v) is 16.2. The van der Waals surface area contributed by atoms with Gasteiger partial charge >= 0.3 is 0 Å². The lowest BCUT2D eigenvalue weighted by Gasteiger charge is -2.30. The van der Waals surface area contributed by atoms with Crippen LogP contribution in [0.3, 0.4) is 0 Å². The summed E-state index contributed by atoms with van der Waals surface area (Å²) in [4.78, 5) is 27.2. The van der Waals surface area contributed by atoms with Crippen LogP contribution in [0.2, 0.25) is 0 Å². The highest BCUT2D eigenvalue weighted by Gasteiger charge is 2.37. The van der Waals surface area contributed by atoms with Crippen molar-refractivity contribution in [1.29, 1.82) is 0 Å². The third kappa shape index (κ3) is 4.18. The predicted molar refractivity (Wildman–Crippen MR) is 102 cm³/mol. The van der Waals surface area contributed by atoms with Crippen LogP contribution < -0.4 is 19.5 Å². The van der Waals surface area contributed by atoms with Gasteiger partial charge in [0.2, 0.25) is 18.6 Å². The van der Waals surface area contributed by atoms with Crippen LogP contribution in [0.4, 0.5) is 0 Å². The van der Waals surface area contributed by atoms with Gasteiger partial charge in [0.15, 0.2) is 11.5 Å². The molecule has 1 N–H and O–H groups in total. The second kappa shape index (κ2) is 8.71. The van der Waals surface area contributed by atoms with E-state index in [4.69, 9.17) is 14.2 Å². The van der Waals surface area contributed by atoms with E-state index in [-0.39, 0.29) is 30.6 Å². The molecule has 2 heterocycles. The van der Waals surface area contributed by atoms with Gasteiger partial charge in [0, 0.05) is 18.5 Å². The lowest BCUT2D eigenvalue weighted by molar-refractivity contribution is -0.142. The minimum absolute atomic E-state index is 0.0732. The lowest BCUT2D eigenvalue weighted by Crippen LogP contribution is -2.48. The monoisotopic (exact) mass is 388 g/mol. The topological polar surface area (TPSA) is 77.1 Å². The largest absolute Gasteiger partial charge is 0.492 e. The fourth-order valence-electron chi connectivity index (χ4n) is 4.31. The lowest BCUT2D eigenvalue weighted by atomic mass is 9.88. The average molecular weight is 388 g/mol. The third-order valence-electron chi connectivity index (χ3n) is 5.81. The van der Waals surface area contributed by atoms with E-state index in [1.165, 1.54) is 6.42 Å². The summed E-state index contributed by atoms with van der Waals surface area (Å²) in [6.45, 7) is 1.68. The van der Waals surface area contributed by atoms with E-state index < -0.39 is 0 Å². The maximum Gasteiger partial charge on any atom is 0.242 e. The van der Waals surface area contributed by atoms with Crippen molar-refractivity contribution in [3.63, 3.8) is 0 Å². The van der Waals surface area contributed by atoms with E-state index in [9.17, 15) is 9.59 Å². The number of ether oxygens (including phenoxy) is 3. The van der Waals surface area contributed by atoms with Crippen molar-refractivity contribution < 1.29 is 23.8 Å². The average Bonchev–Trinajstić information content (AvgIpc) is 3.40. The summed E-state index contributed by atoms with van der Waals surface area (Å²) in [5.74, 6) is 2.27. The maximum atomic E-state index is 12.8. The number of fused-ring (bicyclic) bond motifs is 1. The molecule has 28 heavy (non-hydrogen) atoms. The van der Waals surface area contributed by atoms with Gasteiger partial charge in [-0.15, -0.1) is 0 Å². The fraction of sp³-hybridized carbons (Fsp3) is 0.619. The molecule has 0 bridgehead atoms. The Morgan fingerprint density at radius 3 is 2.75 bits per heavy atom. The summed E-state index contributed by atoms with van der Waals surface area (Å²) in [6.07, 6.45) is 7.03. The molecule has 2 aliphatic heterocycles. The molecule has 0 spiro atoms. The predicted octanol–water partition coefficient (Wildman–Crippen LogP) is 2.48. The van der Waals surface area contributed by atoms with Gasteiger partial charge in [0.25, 0.3) is 0 Å². The summed E-state index contributed by atoms with van der Waals surface area (Å²) in [5, 5.41) is 2.92.